The van der Waals surface area contributed by atoms with E-state index in [2.05, 4.69) is 5.32 Å². The van der Waals surface area contributed by atoms with Crippen LogP contribution in [0.4, 0.5) is 11.4 Å². The van der Waals surface area contributed by atoms with E-state index in [-0.39, 0.29) is 5.91 Å². The van der Waals surface area contributed by atoms with Gasteiger partial charge < -0.3 is 25.3 Å². The molecule has 0 spiro atoms. The maximum Gasteiger partial charge on any atom is 0.224 e. The first-order valence-electron chi connectivity index (χ1n) is 7.06. The Morgan fingerprint density at radius 1 is 1.24 bits per heavy atom. The molecule has 118 valence electrons. The second-order valence-corrected chi connectivity index (χ2v) is 4.41. The molecule has 0 atom stereocenters. The van der Waals surface area contributed by atoms with Crippen LogP contribution in [0.15, 0.2) is 18.2 Å². The summed E-state index contributed by atoms with van der Waals surface area (Å²) in [6.07, 6.45) is 1.05. The Balaban J connectivity index is 2.21. The van der Waals surface area contributed by atoms with Gasteiger partial charge in [-0.2, -0.15) is 0 Å². The van der Waals surface area contributed by atoms with Crippen LogP contribution in [0.25, 0.3) is 0 Å². The summed E-state index contributed by atoms with van der Waals surface area (Å²) in [5.74, 6) is 0.577. The number of nitrogen functional groups attached to an aromatic ring is 1. The molecule has 1 rings (SSSR count). The minimum absolute atomic E-state index is 0.0831. The van der Waals surface area contributed by atoms with Crippen LogP contribution in [0.1, 0.15) is 19.8 Å². The van der Waals surface area contributed by atoms with E-state index in [0.29, 0.717) is 56.4 Å². The van der Waals surface area contributed by atoms with E-state index < -0.39 is 0 Å². The maximum atomic E-state index is 11.8. The zero-order valence-corrected chi connectivity index (χ0v) is 12.7. The van der Waals surface area contributed by atoms with Crippen molar-refractivity contribution >= 4 is 17.3 Å². The third kappa shape index (κ3) is 6.97. The van der Waals surface area contributed by atoms with Gasteiger partial charge >= 0.3 is 0 Å². The number of amides is 1. The largest absolute Gasteiger partial charge is 0.497 e. The summed E-state index contributed by atoms with van der Waals surface area (Å²) in [7, 11) is 1.57. The molecule has 0 radical (unpaired) electrons. The Labute approximate surface area is 125 Å². The van der Waals surface area contributed by atoms with Gasteiger partial charge in [0.2, 0.25) is 5.91 Å². The minimum Gasteiger partial charge on any atom is -0.497 e. The number of methoxy groups -OCH3 is 1. The van der Waals surface area contributed by atoms with Gasteiger partial charge in [-0.05, 0) is 25.5 Å². The van der Waals surface area contributed by atoms with Crippen LogP contribution in [-0.2, 0) is 14.3 Å². The fraction of sp³-hybridized carbons (Fsp3) is 0.533. The number of nitrogens with one attached hydrogen (secondary N) is 1. The van der Waals surface area contributed by atoms with Crippen molar-refractivity contribution in [2.75, 3.05) is 44.6 Å². The lowest BCUT2D eigenvalue weighted by molar-refractivity contribution is -0.116. The normalized spacial score (nSPS) is 10.4. The first-order chi connectivity index (χ1) is 10.2. The molecule has 6 nitrogen and oxygen atoms in total. The number of nitrogens with two attached hydrogens (primary N) is 1. The third-order valence-corrected chi connectivity index (χ3v) is 2.80. The lowest BCUT2D eigenvalue weighted by Crippen LogP contribution is -2.14. The van der Waals surface area contributed by atoms with Gasteiger partial charge in [-0.15, -0.1) is 0 Å². The van der Waals surface area contributed by atoms with Crippen molar-refractivity contribution in [1.82, 2.24) is 0 Å². The van der Waals surface area contributed by atoms with Crippen molar-refractivity contribution in [3.8, 4) is 5.75 Å². The lowest BCUT2D eigenvalue weighted by Gasteiger charge is -2.09. The van der Waals surface area contributed by atoms with E-state index in [1.165, 1.54) is 0 Å². The Morgan fingerprint density at radius 3 is 2.67 bits per heavy atom. The van der Waals surface area contributed by atoms with Crippen LogP contribution < -0.4 is 15.8 Å². The molecule has 0 aliphatic heterocycles. The third-order valence-electron chi connectivity index (χ3n) is 2.80. The van der Waals surface area contributed by atoms with Gasteiger partial charge in [-0.25, -0.2) is 0 Å². The van der Waals surface area contributed by atoms with Gasteiger partial charge in [0.1, 0.15) is 5.75 Å². The molecule has 1 amide bonds. The maximum absolute atomic E-state index is 11.8. The Hall–Kier alpha value is -1.79. The zero-order valence-electron chi connectivity index (χ0n) is 12.7. The molecular formula is C15H24N2O4. The number of ether oxygens (including phenoxy) is 3. The Bertz CT molecular complexity index is 438. The molecule has 0 heterocycles. The summed E-state index contributed by atoms with van der Waals surface area (Å²) in [5, 5.41) is 2.77. The highest BCUT2D eigenvalue weighted by molar-refractivity contribution is 5.93. The van der Waals surface area contributed by atoms with Crippen molar-refractivity contribution in [3.05, 3.63) is 18.2 Å². The van der Waals surface area contributed by atoms with E-state index in [1.54, 1.807) is 25.3 Å². The van der Waals surface area contributed by atoms with Crippen LogP contribution in [-0.4, -0.2) is 39.4 Å². The van der Waals surface area contributed by atoms with E-state index in [0.717, 1.165) is 0 Å². The average molecular weight is 296 g/mol. The molecule has 0 unspecified atom stereocenters. The standard InChI is InChI=1S/C15H24N2O4/c1-3-20-9-10-21-8-4-5-15(18)17-14-7-6-12(19-2)11-13(14)16/h6-7,11H,3-5,8-10,16H2,1-2H3,(H,17,18). The topological polar surface area (TPSA) is 82.8 Å². The van der Waals surface area contributed by atoms with E-state index >= 15 is 0 Å². The number of hydrogen-bond donors (Lipinski definition) is 2. The Morgan fingerprint density at radius 2 is 2.00 bits per heavy atom. The second kappa shape index (κ2) is 10.0. The fourth-order valence-corrected chi connectivity index (χ4v) is 1.69. The van der Waals surface area contributed by atoms with Crippen LogP contribution in [0.2, 0.25) is 0 Å². The van der Waals surface area contributed by atoms with Crippen molar-refractivity contribution in [3.63, 3.8) is 0 Å². The van der Waals surface area contributed by atoms with Crippen LogP contribution in [0.3, 0.4) is 0 Å². The smallest absolute Gasteiger partial charge is 0.224 e. The van der Waals surface area contributed by atoms with Gasteiger partial charge in [-0.3, -0.25) is 4.79 Å². The van der Waals surface area contributed by atoms with Gasteiger partial charge in [0.15, 0.2) is 0 Å². The van der Waals surface area contributed by atoms with Crippen LogP contribution >= 0.6 is 0 Å². The average Bonchev–Trinajstić information content (AvgIpc) is 2.48. The number of carbonyl (C=O) groups is 1. The summed E-state index contributed by atoms with van der Waals surface area (Å²) >= 11 is 0. The number of rotatable bonds is 10. The summed E-state index contributed by atoms with van der Waals surface area (Å²) in [5.41, 5.74) is 6.91. The van der Waals surface area contributed by atoms with Gasteiger partial charge in [0.25, 0.3) is 0 Å². The fourth-order valence-electron chi connectivity index (χ4n) is 1.69. The molecule has 0 fully saturated rings. The molecule has 6 heteroatoms. The Kier molecular flexibility index (Phi) is 8.23. The molecular weight excluding hydrogens is 272 g/mol. The van der Waals surface area contributed by atoms with Crippen LogP contribution in [0.5, 0.6) is 5.75 Å². The molecule has 0 aliphatic carbocycles. The molecule has 21 heavy (non-hydrogen) atoms. The number of hydrogen-bond acceptors (Lipinski definition) is 5. The molecule has 0 bridgehead atoms. The minimum atomic E-state index is -0.0831. The first kappa shape index (κ1) is 17.3. The van der Waals surface area contributed by atoms with E-state index in [4.69, 9.17) is 19.9 Å². The zero-order chi connectivity index (χ0) is 15.5. The van der Waals surface area contributed by atoms with Gasteiger partial charge in [0, 0.05) is 25.7 Å². The number of anilines is 2. The molecule has 0 saturated carbocycles. The highest BCUT2D eigenvalue weighted by Crippen LogP contribution is 2.24. The van der Waals surface area contributed by atoms with Gasteiger partial charge in [-0.1, -0.05) is 0 Å². The molecule has 0 aromatic heterocycles. The summed E-state index contributed by atoms with van der Waals surface area (Å²) in [6, 6.07) is 5.15. The van der Waals surface area contributed by atoms with Crippen molar-refractivity contribution in [1.29, 1.82) is 0 Å². The van der Waals surface area contributed by atoms with Crippen LogP contribution in [0, 0.1) is 0 Å². The first-order valence-corrected chi connectivity index (χ1v) is 7.06. The summed E-state index contributed by atoms with van der Waals surface area (Å²) in [6.45, 7) is 4.31. The van der Waals surface area contributed by atoms with Gasteiger partial charge in [0.05, 0.1) is 31.7 Å². The van der Waals surface area contributed by atoms with Crippen molar-refractivity contribution < 1.29 is 19.0 Å². The number of benzene rings is 1. The predicted molar refractivity (Wildman–Crippen MR) is 82.6 cm³/mol. The molecule has 1 aromatic rings. The highest BCUT2D eigenvalue weighted by atomic mass is 16.5. The lowest BCUT2D eigenvalue weighted by atomic mass is 10.2. The quantitative estimate of drug-likeness (QED) is 0.510. The molecule has 0 saturated heterocycles. The van der Waals surface area contributed by atoms with E-state index in [9.17, 15) is 4.79 Å². The monoisotopic (exact) mass is 296 g/mol. The van der Waals surface area contributed by atoms with Crippen molar-refractivity contribution in [2.24, 2.45) is 0 Å². The second-order valence-electron chi connectivity index (χ2n) is 4.41. The molecule has 3 N–H and O–H groups in total. The highest BCUT2D eigenvalue weighted by Gasteiger charge is 2.06. The SMILES string of the molecule is CCOCCOCCCC(=O)Nc1ccc(OC)cc1N. The van der Waals surface area contributed by atoms with E-state index in [1.807, 2.05) is 6.92 Å². The number of carbonyl (C=O) groups excluding carboxylic acids is 1. The predicted octanol–water partition coefficient (Wildman–Crippen LogP) is 2.05. The molecule has 1 aromatic carbocycles. The summed E-state index contributed by atoms with van der Waals surface area (Å²) < 4.78 is 15.5. The van der Waals surface area contributed by atoms with Crippen molar-refractivity contribution in [2.45, 2.75) is 19.8 Å². The molecule has 0 aliphatic rings. The summed E-state index contributed by atoms with van der Waals surface area (Å²) in [4.78, 5) is 11.8.